The smallest absolute Gasteiger partial charge is 0.415 e. The van der Waals surface area contributed by atoms with E-state index in [0.29, 0.717) is 60.7 Å². The van der Waals surface area contributed by atoms with Crippen LogP contribution in [0.3, 0.4) is 0 Å². The van der Waals surface area contributed by atoms with Gasteiger partial charge in [0.15, 0.2) is 11.5 Å². The highest BCUT2D eigenvalue weighted by Gasteiger charge is 2.39. The molecule has 258 valence electrons. The van der Waals surface area contributed by atoms with Crippen LogP contribution in [0.1, 0.15) is 17.0 Å². The minimum absolute atomic E-state index is 0.0767. The molecule has 0 spiro atoms. The highest BCUT2D eigenvalue weighted by Crippen LogP contribution is 2.47. The Kier molecular flexibility index (Phi) is 11.3. The second kappa shape index (κ2) is 15.8. The van der Waals surface area contributed by atoms with Crippen LogP contribution < -0.4 is 24.4 Å². The van der Waals surface area contributed by atoms with Gasteiger partial charge in [0.25, 0.3) is 0 Å². The molecular formula is C36H40ClN5O5S2. The molecule has 0 aliphatic carbocycles. The minimum atomic E-state index is -0.497. The normalized spacial score (nSPS) is 16.3. The molecule has 0 saturated carbocycles. The number of likely N-dealkylation sites (N-methyl/N-ethyl adjacent to an activating group) is 1. The summed E-state index contributed by atoms with van der Waals surface area (Å²) in [4.78, 5) is 37.3. The van der Waals surface area contributed by atoms with Gasteiger partial charge in [0, 0.05) is 80.1 Å². The van der Waals surface area contributed by atoms with Crippen molar-refractivity contribution in [2.45, 2.75) is 23.4 Å². The van der Waals surface area contributed by atoms with Gasteiger partial charge < -0.3 is 34.2 Å². The van der Waals surface area contributed by atoms with E-state index in [1.54, 1.807) is 51.7 Å². The summed E-state index contributed by atoms with van der Waals surface area (Å²) in [6.07, 6.45) is 1.79. The summed E-state index contributed by atoms with van der Waals surface area (Å²) in [5.41, 5.74) is 3.53. The van der Waals surface area contributed by atoms with Crippen molar-refractivity contribution in [1.82, 2.24) is 14.8 Å². The van der Waals surface area contributed by atoms with E-state index in [1.165, 1.54) is 0 Å². The summed E-state index contributed by atoms with van der Waals surface area (Å²) in [5.74, 6) is 2.56. The fraction of sp³-hybridized carbons (Fsp3) is 0.361. The van der Waals surface area contributed by atoms with Crippen LogP contribution in [0.4, 0.5) is 16.2 Å². The number of carbonyl (C=O) groups is 2. The van der Waals surface area contributed by atoms with E-state index >= 15 is 0 Å². The largest absolute Gasteiger partial charge is 0.493 e. The molecule has 2 atom stereocenters. The summed E-state index contributed by atoms with van der Waals surface area (Å²) < 4.78 is 17.7. The summed E-state index contributed by atoms with van der Waals surface area (Å²) >= 11 is 6.53. The third kappa shape index (κ3) is 7.82. The predicted octanol–water partition coefficient (Wildman–Crippen LogP) is 6.76. The third-order valence-corrected chi connectivity index (χ3v) is 11.2. The number of benzene rings is 3. The molecule has 0 saturated heterocycles. The van der Waals surface area contributed by atoms with Crippen molar-refractivity contribution in [3.05, 3.63) is 78.0 Å². The van der Waals surface area contributed by atoms with Crippen molar-refractivity contribution in [1.29, 1.82) is 0 Å². The molecule has 13 heteroatoms. The van der Waals surface area contributed by atoms with Crippen LogP contribution in [0.2, 0.25) is 0 Å². The van der Waals surface area contributed by atoms with Crippen molar-refractivity contribution in [2.75, 3.05) is 76.3 Å². The summed E-state index contributed by atoms with van der Waals surface area (Å²) in [6, 6.07) is 18.8. The van der Waals surface area contributed by atoms with Crippen molar-refractivity contribution >= 4 is 67.3 Å². The number of carbonyl (C=O) groups excluding carboxylic acids is 2. The maximum absolute atomic E-state index is 14.3. The average Bonchev–Trinajstić information content (AvgIpc) is 3.71. The molecule has 3 heterocycles. The number of fused-ring (bicyclic) bond motifs is 4. The topological polar surface area (TPSA) is 96.5 Å². The Balaban J connectivity index is 1.20. The van der Waals surface area contributed by atoms with Gasteiger partial charge in [-0.3, -0.25) is 4.79 Å². The van der Waals surface area contributed by atoms with E-state index in [0.717, 1.165) is 39.2 Å². The summed E-state index contributed by atoms with van der Waals surface area (Å²) in [6.45, 7) is 2.21. The SMILES string of the molecule is COc1cc2c(cc1OCCN(C)C)CC(C(=O)N1C[C@@H](CCl)c3c1cc(OC(=O)N(C)CCSSc1ccccn1)c1ccccc31)N2. The second-order valence-corrected chi connectivity index (χ2v) is 15.0. The number of methoxy groups -OCH3 is 1. The molecule has 2 aliphatic heterocycles. The number of hydrogen-bond acceptors (Lipinski definition) is 10. The molecule has 0 fully saturated rings. The van der Waals surface area contributed by atoms with Crippen LogP contribution in [-0.4, -0.2) is 99.0 Å². The molecule has 2 amide bonds. The first kappa shape index (κ1) is 35.0. The molecule has 1 aromatic heterocycles. The van der Waals surface area contributed by atoms with Crippen LogP contribution >= 0.6 is 33.2 Å². The monoisotopic (exact) mass is 721 g/mol. The first-order valence-electron chi connectivity index (χ1n) is 16.1. The van der Waals surface area contributed by atoms with Crippen LogP contribution in [-0.2, 0) is 11.2 Å². The highest BCUT2D eigenvalue weighted by molar-refractivity contribution is 8.76. The standard InChI is InChI=1S/C36H40ClN5O5S2/c1-40(2)13-15-46-32-18-23-17-28(39-27(23)19-31(32)45-4)35(43)42-22-24(21-37)34-26-10-6-5-9-25(26)30(20-29(34)42)47-36(44)41(3)14-16-48-49-33-11-7-8-12-38-33/h5-12,18-20,24,28,39H,13-17,21-22H2,1-4H3/t24-,28?/m1/s1. The van der Waals surface area contributed by atoms with Gasteiger partial charge in [-0.1, -0.05) is 41.1 Å². The molecule has 0 bridgehead atoms. The molecular weight excluding hydrogens is 682 g/mol. The van der Waals surface area contributed by atoms with Crippen LogP contribution in [0, 0.1) is 0 Å². The molecule has 3 aromatic carbocycles. The highest BCUT2D eigenvalue weighted by atomic mass is 35.5. The first-order valence-corrected chi connectivity index (χ1v) is 18.9. The van der Waals surface area contributed by atoms with Crippen molar-refractivity contribution < 1.29 is 23.8 Å². The quantitative estimate of drug-likeness (QED) is 0.0907. The van der Waals surface area contributed by atoms with Crippen molar-refractivity contribution in [3.8, 4) is 17.2 Å². The zero-order valence-electron chi connectivity index (χ0n) is 28.0. The number of anilines is 2. The number of pyridine rings is 1. The Morgan fingerprint density at radius 3 is 2.55 bits per heavy atom. The van der Waals surface area contributed by atoms with Crippen LogP contribution in [0.25, 0.3) is 10.8 Å². The maximum Gasteiger partial charge on any atom is 0.415 e. The zero-order chi connectivity index (χ0) is 34.5. The summed E-state index contributed by atoms with van der Waals surface area (Å²) in [7, 11) is 10.5. The number of halogens is 1. The maximum atomic E-state index is 14.3. The van der Waals surface area contributed by atoms with E-state index in [4.69, 9.17) is 25.8 Å². The molecule has 49 heavy (non-hydrogen) atoms. The zero-order valence-corrected chi connectivity index (χ0v) is 30.4. The van der Waals surface area contributed by atoms with E-state index in [9.17, 15) is 9.59 Å². The van der Waals surface area contributed by atoms with Gasteiger partial charge in [-0.15, -0.1) is 11.6 Å². The van der Waals surface area contributed by atoms with Gasteiger partial charge in [-0.25, -0.2) is 9.78 Å². The predicted molar refractivity (Wildman–Crippen MR) is 199 cm³/mol. The Labute approximate surface area is 299 Å². The number of amides is 2. The molecule has 6 rings (SSSR count). The number of rotatable bonds is 13. The molecule has 4 aromatic rings. The lowest BCUT2D eigenvalue weighted by atomic mass is 9.95. The van der Waals surface area contributed by atoms with E-state index in [1.807, 2.05) is 74.8 Å². The number of alkyl halides is 1. The Morgan fingerprint density at radius 2 is 1.82 bits per heavy atom. The number of hydrogen-bond donors (Lipinski definition) is 1. The number of aromatic nitrogens is 1. The molecule has 2 aliphatic rings. The molecule has 1 N–H and O–H groups in total. The van der Waals surface area contributed by atoms with Gasteiger partial charge in [-0.2, -0.15) is 0 Å². The van der Waals surface area contributed by atoms with Gasteiger partial charge in [0.1, 0.15) is 23.4 Å². The van der Waals surface area contributed by atoms with Crippen LogP contribution in [0.5, 0.6) is 17.2 Å². The van der Waals surface area contributed by atoms with E-state index in [2.05, 4.69) is 15.2 Å². The van der Waals surface area contributed by atoms with Crippen molar-refractivity contribution in [3.63, 3.8) is 0 Å². The van der Waals surface area contributed by atoms with E-state index < -0.39 is 12.1 Å². The van der Waals surface area contributed by atoms with Gasteiger partial charge in [-0.05, 0) is 59.6 Å². The number of nitrogens with one attached hydrogen (secondary N) is 1. The van der Waals surface area contributed by atoms with Gasteiger partial charge in [0.2, 0.25) is 5.91 Å². The molecule has 10 nitrogen and oxygen atoms in total. The summed E-state index contributed by atoms with van der Waals surface area (Å²) in [5, 5.41) is 6.05. The number of ether oxygens (including phenoxy) is 3. The average molecular weight is 722 g/mol. The Hall–Kier alpha value is -3.84. The van der Waals surface area contributed by atoms with Crippen molar-refractivity contribution in [2.24, 2.45) is 0 Å². The van der Waals surface area contributed by atoms with Crippen LogP contribution in [0.15, 0.2) is 71.9 Å². The molecule has 0 radical (unpaired) electrons. The molecule has 1 unspecified atom stereocenters. The second-order valence-electron chi connectivity index (χ2n) is 12.2. The lowest BCUT2D eigenvalue weighted by Crippen LogP contribution is -2.41. The Bertz CT molecular complexity index is 1810. The lowest BCUT2D eigenvalue weighted by Gasteiger charge is -2.23. The number of nitrogens with zero attached hydrogens (tertiary/aromatic N) is 4. The third-order valence-electron chi connectivity index (χ3n) is 8.62. The lowest BCUT2D eigenvalue weighted by molar-refractivity contribution is -0.119. The fourth-order valence-electron chi connectivity index (χ4n) is 6.08. The first-order chi connectivity index (χ1) is 23.8. The van der Waals surface area contributed by atoms with E-state index in [-0.39, 0.29) is 11.8 Å². The van der Waals surface area contributed by atoms with Gasteiger partial charge in [0.05, 0.1) is 12.8 Å². The fourth-order valence-corrected chi connectivity index (χ4v) is 8.25. The van der Waals surface area contributed by atoms with Gasteiger partial charge >= 0.3 is 6.09 Å². The Morgan fingerprint density at radius 1 is 1.02 bits per heavy atom. The minimum Gasteiger partial charge on any atom is -0.493 e.